The molecule has 0 fully saturated rings. The molecular formula is C9H11F3N2O. The van der Waals surface area contributed by atoms with Crippen molar-refractivity contribution in [1.29, 1.82) is 0 Å². The van der Waals surface area contributed by atoms with Crippen molar-refractivity contribution in [3.05, 3.63) is 24.0 Å². The van der Waals surface area contributed by atoms with E-state index in [0.717, 1.165) is 4.68 Å². The molecule has 1 heterocycles. The second-order valence-corrected chi connectivity index (χ2v) is 3.06. The fraction of sp³-hybridized carbons (Fsp3) is 0.444. The van der Waals surface area contributed by atoms with E-state index in [4.69, 9.17) is 4.74 Å². The third-order valence-corrected chi connectivity index (χ3v) is 1.80. The van der Waals surface area contributed by atoms with Crippen molar-refractivity contribution in [3.63, 3.8) is 0 Å². The lowest BCUT2D eigenvalue weighted by atomic mass is 10.2. The summed E-state index contributed by atoms with van der Waals surface area (Å²) in [6.45, 7) is 4.59. The first kappa shape index (κ1) is 11.8. The van der Waals surface area contributed by atoms with Crippen LogP contribution in [0.15, 0.2) is 12.6 Å². The second kappa shape index (κ2) is 4.06. The predicted octanol–water partition coefficient (Wildman–Crippen LogP) is 2.37. The number of aryl methyl sites for hydroxylation is 1. The van der Waals surface area contributed by atoms with Crippen LogP contribution in [0.1, 0.15) is 11.4 Å². The average Bonchev–Trinajstić information content (AvgIpc) is 2.44. The lowest BCUT2D eigenvalue weighted by Crippen LogP contribution is -2.14. The van der Waals surface area contributed by atoms with Gasteiger partial charge in [-0.25, -0.2) is 4.68 Å². The van der Waals surface area contributed by atoms with Gasteiger partial charge >= 0.3 is 6.18 Å². The fourth-order valence-corrected chi connectivity index (χ4v) is 1.15. The van der Waals surface area contributed by atoms with Crippen molar-refractivity contribution in [1.82, 2.24) is 9.78 Å². The first-order chi connectivity index (χ1) is 6.86. The normalized spacial score (nSPS) is 11.8. The summed E-state index contributed by atoms with van der Waals surface area (Å²) >= 11 is 0. The Hall–Kier alpha value is -1.30. The zero-order valence-corrected chi connectivity index (χ0v) is 8.43. The fourth-order valence-electron chi connectivity index (χ4n) is 1.15. The Kier molecular flexibility index (Phi) is 3.18. The van der Waals surface area contributed by atoms with Gasteiger partial charge in [0.05, 0.1) is 17.0 Å². The molecular weight excluding hydrogens is 209 g/mol. The molecule has 0 radical (unpaired) electrons. The summed E-state index contributed by atoms with van der Waals surface area (Å²) in [5, 5.41) is 3.87. The van der Waals surface area contributed by atoms with Gasteiger partial charge in [-0.1, -0.05) is 6.58 Å². The summed E-state index contributed by atoms with van der Waals surface area (Å²) in [6.07, 6.45) is -4.45. The first-order valence-electron chi connectivity index (χ1n) is 4.16. The Balaban J connectivity index is 3.07. The van der Waals surface area contributed by atoms with Crippen LogP contribution >= 0.6 is 0 Å². The molecule has 0 N–H and O–H groups in total. The lowest BCUT2D eigenvalue weighted by Gasteiger charge is -2.11. The van der Waals surface area contributed by atoms with E-state index in [-0.39, 0.29) is 12.4 Å². The zero-order valence-electron chi connectivity index (χ0n) is 8.43. The van der Waals surface area contributed by atoms with E-state index >= 15 is 0 Å². The molecule has 0 aromatic carbocycles. The van der Waals surface area contributed by atoms with Gasteiger partial charge in [0.15, 0.2) is 0 Å². The molecule has 0 aliphatic heterocycles. The first-order valence-corrected chi connectivity index (χ1v) is 4.16. The minimum atomic E-state index is -4.45. The highest BCUT2D eigenvalue weighted by molar-refractivity contribution is 5.65. The number of hydrogen-bond acceptors (Lipinski definition) is 2. The smallest absolute Gasteiger partial charge is 0.362 e. The van der Waals surface area contributed by atoms with Crippen molar-refractivity contribution in [2.24, 2.45) is 0 Å². The van der Waals surface area contributed by atoms with Crippen molar-refractivity contribution in [2.75, 3.05) is 7.11 Å². The van der Waals surface area contributed by atoms with Crippen LogP contribution in [0.5, 0.6) is 0 Å². The molecule has 1 aromatic rings. The molecule has 84 valence electrons. The highest BCUT2D eigenvalue weighted by atomic mass is 19.4. The Bertz CT molecular complexity index is 368. The maximum absolute atomic E-state index is 12.4. The van der Waals surface area contributed by atoms with Crippen LogP contribution < -0.4 is 0 Å². The Morgan fingerprint density at radius 2 is 2.20 bits per heavy atom. The third-order valence-electron chi connectivity index (χ3n) is 1.80. The van der Waals surface area contributed by atoms with Gasteiger partial charge in [-0.3, -0.25) is 0 Å². The quantitative estimate of drug-likeness (QED) is 0.781. The SMILES string of the molecule is C=C(c1cc(C)nn1COC)C(F)(F)F. The van der Waals surface area contributed by atoms with Gasteiger partial charge in [-0.15, -0.1) is 0 Å². The minimum Gasteiger partial charge on any atom is -0.362 e. The van der Waals surface area contributed by atoms with E-state index in [0.29, 0.717) is 5.69 Å². The van der Waals surface area contributed by atoms with Gasteiger partial charge in [0.1, 0.15) is 6.73 Å². The van der Waals surface area contributed by atoms with E-state index in [1.165, 1.54) is 13.2 Å². The zero-order chi connectivity index (χ0) is 11.6. The Labute approximate surface area is 85.1 Å². The van der Waals surface area contributed by atoms with Crippen molar-refractivity contribution in [3.8, 4) is 0 Å². The molecule has 0 unspecified atom stereocenters. The van der Waals surface area contributed by atoms with Crippen molar-refractivity contribution in [2.45, 2.75) is 19.8 Å². The molecule has 3 nitrogen and oxygen atoms in total. The largest absolute Gasteiger partial charge is 0.417 e. The molecule has 0 spiro atoms. The number of rotatable bonds is 3. The van der Waals surface area contributed by atoms with Gasteiger partial charge in [0.25, 0.3) is 0 Å². The molecule has 0 amide bonds. The van der Waals surface area contributed by atoms with Crippen molar-refractivity contribution < 1.29 is 17.9 Å². The van der Waals surface area contributed by atoms with Crippen molar-refractivity contribution >= 4 is 5.57 Å². The Morgan fingerprint density at radius 3 is 2.67 bits per heavy atom. The van der Waals surface area contributed by atoms with Gasteiger partial charge in [0, 0.05) is 7.11 Å². The number of hydrogen-bond donors (Lipinski definition) is 0. The van der Waals surface area contributed by atoms with Gasteiger partial charge < -0.3 is 4.74 Å². The molecule has 1 rings (SSSR count). The lowest BCUT2D eigenvalue weighted by molar-refractivity contribution is -0.0693. The Morgan fingerprint density at radius 1 is 1.60 bits per heavy atom. The maximum Gasteiger partial charge on any atom is 0.417 e. The van der Waals surface area contributed by atoms with E-state index in [1.807, 2.05) is 0 Å². The topological polar surface area (TPSA) is 27.1 Å². The van der Waals surface area contributed by atoms with E-state index in [2.05, 4.69) is 11.7 Å². The summed E-state index contributed by atoms with van der Waals surface area (Å²) < 4.78 is 43.0. The molecule has 1 aromatic heterocycles. The van der Waals surface area contributed by atoms with Crippen LogP contribution in [0, 0.1) is 6.92 Å². The molecule has 0 saturated carbocycles. The molecule has 0 aliphatic carbocycles. The summed E-state index contributed by atoms with van der Waals surface area (Å²) in [5.41, 5.74) is -0.491. The second-order valence-electron chi connectivity index (χ2n) is 3.06. The van der Waals surface area contributed by atoms with E-state index in [1.54, 1.807) is 6.92 Å². The number of allylic oxidation sites excluding steroid dienone is 1. The molecule has 0 bridgehead atoms. The van der Waals surface area contributed by atoms with Crippen LogP contribution in [-0.2, 0) is 11.5 Å². The number of aromatic nitrogens is 2. The van der Waals surface area contributed by atoms with Crippen LogP contribution in [0.3, 0.4) is 0 Å². The van der Waals surface area contributed by atoms with E-state index in [9.17, 15) is 13.2 Å². The van der Waals surface area contributed by atoms with Crippen LogP contribution in [-0.4, -0.2) is 23.1 Å². The predicted molar refractivity (Wildman–Crippen MR) is 49.1 cm³/mol. The van der Waals surface area contributed by atoms with Crippen LogP contribution in [0.25, 0.3) is 5.57 Å². The highest BCUT2D eigenvalue weighted by Gasteiger charge is 2.35. The summed E-state index contributed by atoms with van der Waals surface area (Å²) in [6, 6.07) is 1.33. The third kappa shape index (κ3) is 2.59. The van der Waals surface area contributed by atoms with Gasteiger partial charge in [-0.2, -0.15) is 18.3 Å². The number of alkyl halides is 3. The summed E-state index contributed by atoms with van der Waals surface area (Å²) in [5.74, 6) is 0. The van der Waals surface area contributed by atoms with Gasteiger partial charge in [0.2, 0.25) is 0 Å². The maximum atomic E-state index is 12.4. The number of ether oxygens (including phenoxy) is 1. The average molecular weight is 220 g/mol. The molecule has 15 heavy (non-hydrogen) atoms. The molecule has 6 heteroatoms. The molecule has 0 aliphatic rings. The van der Waals surface area contributed by atoms with Gasteiger partial charge in [-0.05, 0) is 13.0 Å². The van der Waals surface area contributed by atoms with Crippen LogP contribution in [0.4, 0.5) is 13.2 Å². The minimum absolute atomic E-state index is 0.0295. The molecule has 0 atom stereocenters. The number of nitrogens with zero attached hydrogens (tertiary/aromatic N) is 2. The molecule has 0 saturated heterocycles. The number of methoxy groups -OCH3 is 1. The summed E-state index contributed by atoms with van der Waals surface area (Å²) in [4.78, 5) is 0. The standard InChI is InChI=1S/C9H11F3N2O/c1-6-4-8(7(2)9(10,11)12)14(13-6)5-15-3/h4H,2,5H2,1,3H3. The summed E-state index contributed by atoms with van der Waals surface area (Å²) in [7, 11) is 1.39. The highest BCUT2D eigenvalue weighted by Crippen LogP contribution is 2.32. The monoisotopic (exact) mass is 220 g/mol. The van der Waals surface area contributed by atoms with E-state index < -0.39 is 11.7 Å². The van der Waals surface area contributed by atoms with Crippen LogP contribution in [0.2, 0.25) is 0 Å². The number of halogens is 3.